The molecule has 1 heterocycles. The molecule has 1 nitrogen and oxygen atoms in total. The number of benzene rings is 1. The van der Waals surface area contributed by atoms with Crippen LogP contribution in [0.2, 0.25) is 0 Å². The molecule has 0 radical (unpaired) electrons. The van der Waals surface area contributed by atoms with Crippen LogP contribution in [0, 0.1) is 17.5 Å². The van der Waals surface area contributed by atoms with Gasteiger partial charge in [0.1, 0.15) is 0 Å². The third-order valence-corrected chi connectivity index (χ3v) is 3.97. The number of carbonyl (C=O) groups excluding carboxylic acids is 1. The summed E-state index contributed by atoms with van der Waals surface area (Å²) in [7, 11) is 0. The molecule has 2 aromatic rings. The quantitative estimate of drug-likeness (QED) is 0.609. The lowest BCUT2D eigenvalue weighted by Gasteiger charge is -2.03. The fraction of sp³-hybridized carbons (Fsp3) is 0.214. The van der Waals surface area contributed by atoms with Gasteiger partial charge in [0.15, 0.2) is 23.2 Å². The zero-order valence-electron chi connectivity index (χ0n) is 10.2. The number of hydrogen-bond donors (Lipinski definition) is 0. The third kappa shape index (κ3) is 2.87. The standard InChI is InChI=1S/C14H11F3OS/c1-2-8-3-4-9(19-8)7-12(18)10-5-6-11(15)14(17)13(10)16/h3-6H,2,7H2,1H3. The fourth-order valence-electron chi connectivity index (χ4n) is 1.70. The number of hydrogen-bond acceptors (Lipinski definition) is 2. The lowest BCUT2D eigenvalue weighted by atomic mass is 10.1. The van der Waals surface area contributed by atoms with Crippen LogP contribution in [-0.2, 0) is 12.8 Å². The Bertz CT molecular complexity index is 619. The van der Waals surface area contributed by atoms with E-state index in [1.165, 1.54) is 11.3 Å². The van der Waals surface area contributed by atoms with E-state index in [0.717, 1.165) is 28.3 Å². The zero-order chi connectivity index (χ0) is 14.0. The van der Waals surface area contributed by atoms with Gasteiger partial charge in [-0.25, -0.2) is 13.2 Å². The Labute approximate surface area is 112 Å². The summed E-state index contributed by atoms with van der Waals surface area (Å²) in [5, 5.41) is 0. The Kier molecular flexibility index (Phi) is 4.04. The van der Waals surface area contributed by atoms with Gasteiger partial charge in [-0.1, -0.05) is 6.92 Å². The smallest absolute Gasteiger partial charge is 0.195 e. The summed E-state index contributed by atoms with van der Waals surface area (Å²) >= 11 is 1.46. The van der Waals surface area contributed by atoms with Gasteiger partial charge >= 0.3 is 0 Å². The van der Waals surface area contributed by atoms with Gasteiger partial charge in [0, 0.05) is 16.2 Å². The van der Waals surface area contributed by atoms with Crippen molar-refractivity contribution in [3.63, 3.8) is 0 Å². The molecule has 100 valence electrons. The Hall–Kier alpha value is -1.62. The summed E-state index contributed by atoms with van der Waals surface area (Å²) in [4.78, 5) is 13.8. The van der Waals surface area contributed by atoms with E-state index in [9.17, 15) is 18.0 Å². The molecule has 1 aromatic carbocycles. The monoisotopic (exact) mass is 284 g/mol. The Morgan fingerprint density at radius 2 is 1.74 bits per heavy atom. The molecule has 0 aliphatic heterocycles. The minimum Gasteiger partial charge on any atom is -0.294 e. The molecular weight excluding hydrogens is 273 g/mol. The van der Waals surface area contributed by atoms with Crippen molar-refractivity contribution < 1.29 is 18.0 Å². The number of Topliss-reactive ketones (excluding diaryl/α,β-unsaturated/α-hetero) is 1. The maximum absolute atomic E-state index is 13.5. The molecule has 0 amide bonds. The second-order valence-electron chi connectivity index (χ2n) is 4.04. The van der Waals surface area contributed by atoms with Crippen LogP contribution in [0.5, 0.6) is 0 Å². The van der Waals surface area contributed by atoms with Gasteiger partial charge < -0.3 is 0 Å². The van der Waals surface area contributed by atoms with E-state index in [4.69, 9.17) is 0 Å². The van der Waals surface area contributed by atoms with Gasteiger partial charge in [-0.3, -0.25) is 4.79 Å². The summed E-state index contributed by atoms with van der Waals surface area (Å²) < 4.78 is 39.3. The van der Waals surface area contributed by atoms with Gasteiger partial charge in [0.2, 0.25) is 0 Å². The van der Waals surface area contributed by atoms with Crippen molar-refractivity contribution in [2.75, 3.05) is 0 Å². The van der Waals surface area contributed by atoms with Crippen molar-refractivity contribution in [3.05, 3.63) is 57.0 Å². The molecule has 0 N–H and O–H groups in total. The largest absolute Gasteiger partial charge is 0.294 e. The van der Waals surface area contributed by atoms with Gasteiger partial charge in [-0.2, -0.15) is 0 Å². The lowest BCUT2D eigenvalue weighted by molar-refractivity contribution is 0.0988. The first-order valence-electron chi connectivity index (χ1n) is 5.77. The summed E-state index contributed by atoms with van der Waals surface area (Å²) in [6, 6.07) is 5.43. The van der Waals surface area contributed by atoms with Gasteiger partial charge in [0.05, 0.1) is 5.56 Å². The minimum atomic E-state index is -1.61. The normalized spacial score (nSPS) is 10.7. The van der Waals surface area contributed by atoms with Crippen molar-refractivity contribution in [1.82, 2.24) is 0 Å². The second kappa shape index (κ2) is 5.57. The SMILES string of the molecule is CCc1ccc(CC(=O)c2ccc(F)c(F)c2F)s1. The second-order valence-corrected chi connectivity index (χ2v) is 5.30. The molecule has 0 aliphatic rings. The van der Waals surface area contributed by atoms with Crippen molar-refractivity contribution >= 4 is 17.1 Å². The molecule has 0 spiro atoms. The first-order chi connectivity index (χ1) is 9.02. The van der Waals surface area contributed by atoms with Gasteiger partial charge in [-0.05, 0) is 30.7 Å². The first kappa shape index (κ1) is 13.8. The van der Waals surface area contributed by atoms with Crippen LogP contribution in [-0.4, -0.2) is 5.78 Å². The number of carbonyl (C=O) groups is 1. The number of aryl methyl sites for hydroxylation is 1. The molecule has 0 fully saturated rings. The van der Waals surface area contributed by atoms with Crippen LogP contribution < -0.4 is 0 Å². The minimum absolute atomic E-state index is 0.00728. The molecule has 0 bridgehead atoms. The molecule has 0 atom stereocenters. The molecule has 0 saturated heterocycles. The lowest BCUT2D eigenvalue weighted by Crippen LogP contribution is -2.07. The average molecular weight is 284 g/mol. The number of ketones is 1. The summed E-state index contributed by atoms with van der Waals surface area (Å²) in [5.41, 5.74) is -0.412. The summed E-state index contributed by atoms with van der Waals surface area (Å²) in [5.74, 6) is -4.87. The van der Waals surface area contributed by atoms with Crippen molar-refractivity contribution in [3.8, 4) is 0 Å². The van der Waals surface area contributed by atoms with E-state index >= 15 is 0 Å². The highest BCUT2D eigenvalue weighted by Crippen LogP contribution is 2.21. The van der Waals surface area contributed by atoms with Crippen LogP contribution in [0.25, 0.3) is 0 Å². The van der Waals surface area contributed by atoms with Crippen LogP contribution >= 0.6 is 11.3 Å². The number of rotatable bonds is 4. The van der Waals surface area contributed by atoms with Crippen LogP contribution in [0.4, 0.5) is 13.2 Å². The highest BCUT2D eigenvalue weighted by atomic mass is 32.1. The van der Waals surface area contributed by atoms with Crippen LogP contribution in [0.3, 0.4) is 0 Å². The van der Waals surface area contributed by atoms with E-state index in [1.54, 1.807) is 6.07 Å². The first-order valence-corrected chi connectivity index (χ1v) is 6.58. The average Bonchev–Trinajstić information content (AvgIpc) is 2.83. The highest BCUT2D eigenvalue weighted by Gasteiger charge is 2.19. The van der Waals surface area contributed by atoms with Crippen LogP contribution in [0.1, 0.15) is 27.0 Å². The number of thiophene rings is 1. The molecule has 0 saturated carbocycles. The van der Waals surface area contributed by atoms with E-state index in [2.05, 4.69) is 0 Å². The van der Waals surface area contributed by atoms with Crippen molar-refractivity contribution in [1.29, 1.82) is 0 Å². The molecule has 0 unspecified atom stereocenters. The third-order valence-electron chi connectivity index (χ3n) is 2.74. The molecule has 5 heteroatoms. The Morgan fingerprint density at radius 3 is 2.37 bits per heavy atom. The highest BCUT2D eigenvalue weighted by molar-refractivity contribution is 7.12. The fourth-order valence-corrected chi connectivity index (χ4v) is 2.66. The predicted octanol–water partition coefficient (Wildman–Crippen LogP) is 4.15. The van der Waals surface area contributed by atoms with Crippen molar-refractivity contribution in [2.24, 2.45) is 0 Å². The number of halogens is 3. The summed E-state index contributed by atoms with van der Waals surface area (Å²) in [6.45, 7) is 1.99. The molecule has 2 rings (SSSR count). The summed E-state index contributed by atoms with van der Waals surface area (Å²) in [6.07, 6.45) is 0.852. The Morgan fingerprint density at radius 1 is 1.05 bits per heavy atom. The van der Waals surface area contributed by atoms with E-state index in [-0.39, 0.29) is 6.42 Å². The van der Waals surface area contributed by atoms with E-state index in [1.807, 2.05) is 13.0 Å². The van der Waals surface area contributed by atoms with E-state index in [0.29, 0.717) is 0 Å². The maximum Gasteiger partial charge on any atom is 0.195 e. The topological polar surface area (TPSA) is 17.1 Å². The van der Waals surface area contributed by atoms with Crippen LogP contribution in [0.15, 0.2) is 24.3 Å². The van der Waals surface area contributed by atoms with E-state index < -0.39 is 28.8 Å². The molecular formula is C14H11F3OS. The predicted molar refractivity (Wildman–Crippen MR) is 68.0 cm³/mol. The zero-order valence-corrected chi connectivity index (χ0v) is 11.0. The molecule has 1 aromatic heterocycles. The molecule has 19 heavy (non-hydrogen) atoms. The Balaban J connectivity index is 2.23. The van der Waals surface area contributed by atoms with Crippen molar-refractivity contribution in [2.45, 2.75) is 19.8 Å². The molecule has 0 aliphatic carbocycles. The van der Waals surface area contributed by atoms with Gasteiger partial charge in [-0.15, -0.1) is 11.3 Å². The maximum atomic E-state index is 13.5. The van der Waals surface area contributed by atoms with Gasteiger partial charge in [0.25, 0.3) is 0 Å².